The molecule has 3 heterocycles. The highest BCUT2D eigenvalue weighted by atomic mass is 32.1. The van der Waals surface area contributed by atoms with Crippen molar-refractivity contribution in [2.24, 2.45) is 0 Å². The summed E-state index contributed by atoms with van der Waals surface area (Å²) < 4.78 is 6.70. The van der Waals surface area contributed by atoms with Gasteiger partial charge in [-0.2, -0.15) is 5.26 Å². The first kappa shape index (κ1) is 21.1. The Hall–Kier alpha value is -4.16. The van der Waals surface area contributed by atoms with E-state index in [4.69, 9.17) is 5.26 Å². The zero-order valence-electron chi connectivity index (χ0n) is 17.2. The average molecular weight is 446 g/mol. The van der Waals surface area contributed by atoms with Crippen LogP contribution >= 0.6 is 11.3 Å². The van der Waals surface area contributed by atoms with Crippen molar-refractivity contribution in [1.29, 1.82) is 5.26 Å². The van der Waals surface area contributed by atoms with Gasteiger partial charge < -0.3 is 14.3 Å². The number of benzene rings is 1. The standard InChI is InChI=1S/C23H19N5O3S/c1-31-22(30)18-11-16(12-25-18)19-14-32-23(26-19)27-21(29)8-7-15-13-28(10-4-9-24)20-6-3-2-5-17(15)20/h2-3,5-8,11-14,25H,4,10H2,1H3,(H,26,27,29). The minimum Gasteiger partial charge on any atom is -0.464 e. The summed E-state index contributed by atoms with van der Waals surface area (Å²) in [5.41, 5.74) is 3.61. The van der Waals surface area contributed by atoms with Crippen LogP contribution in [0.4, 0.5) is 5.13 Å². The zero-order chi connectivity index (χ0) is 22.5. The van der Waals surface area contributed by atoms with Gasteiger partial charge in [0.15, 0.2) is 5.13 Å². The lowest BCUT2D eigenvalue weighted by atomic mass is 10.1. The topological polar surface area (TPSA) is 113 Å². The fourth-order valence-electron chi connectivity index (χ4n) is 3.31. The van der Waals surface area contributed by atoms with Gasteiger partial charge in [-0.3, -0.25) is 10.1 Å². The van der Waals surface area contributed by atoms with E-state index in [0.29, 0.717) is 29.5 Å². The molecule has 4 rings (SSSR count). The number of aromatic amines is 1. The molecule has 0 saturated carbocycles. The Labute approximate surface area is 187 Å². The maximum absolute atomic E-state index is 12.4. The largest absolute Gasteiger partial charge is 0.464 e. The van der Waals surface area contributed by atoms with Crippen LogP contribution in [0.15, 0.2) is 54.2 Å². The predicted molar refractivity (Wildman–Crippen MR) is 123 cm³/mol. The van der Waals surface area contributed by atoms with Crippen molar-refractivity contribution in [3.8, 4) is 17.3 Å². The molecule has 0 aliphatic rings. The molecule has 0 aliphatic heterocycles. The second-order valence-electron chi connectivity index (χ2n) is 6.86. The lowest BCUT2D eigenvalue weighted by Crippen LogP contribution is -2.07. The number of rotatable bonds is 7. The van der Waals surface area contributed by atoms with Gasteiger partial charge >= 0.3 is 5.97 Å². The summed E-state index contributed by atoms with van der Waals surface area (Å²) >= 11 is 1.29. The van der Waals surface area contributed by atoms with Crippen LogP contribution in [0.1, 0.15) is 22.5 Å². The van der Waals surface area contributed by atoms with Gasteiger partial charge in [-0.05, 0) is 18.2 Å². The van der Waals surface area contributed by atoms with E-state index in [1.807, 2.05) is 35.0 Å². The van der Waals surface area contributed by atoms with Crippen molar-refractivity contribution in [3.05, 3.63) is 65.4 Å². The molecule has 0 saturated heterocycles. The fourth-order valence-corrected chi connectivity index (χ4v) is 4.03. The van der Waals surface area contributed by atoms with Crippen LogP contribution in [0.5, 0.6) is 0 Å². The van der Waals surface area contributed by atoms with E-state index in [1.165, 1.54) is 24.5 Å². The Kier molecular flexibility index (Phi) is 6.14. The number of nitriles is 1. The van der Waals surface area contributed by atoms with Crippen LogP contribution in [0.25, 0.3) is 28.2 Å². The Morgan fingerprint density at radius 3 is 3.03 bits per heavy atom. The first-order chi connectivity index (χ1) is 15.6. The SMILES string of the molecule is COC(=O)c1cc(-c2csc(NC(=O)C=Cc3cn(CCC#N)c4ccccc34)n2)c[nH]1. The van der Waals surface area contributed by atoms with Crippen LogP contribution in [0.3, 0.4) is 0 Å². The Morgan fingerprint density at radius 2 is 2.22 bits per heavy atom. The summed E-state index contributed by atoms with van der Waals surface area (Å²) in [7, 11) is 1.32. The minimum absolute atomic E-state index is 0.302. The predicted octanol–water partition coefficient (Wildman–Crippen LogP) is 4.45. The van der Waals surface area contributed by atoms with Crippen molar-refractivity contribution in [3.63, 3.8) is 0 Å². The molecule has 0 spiro atoms. The number of nitrogens with zero attached hydrogens (tertiary/aromatic N) is 3. The monoisotopic (exact) mass is 445 g/mol. The molecule has 1 amide bonds. The van der Waals surface area contributed by atoms with Gasteiger partial charge in [0.2, 0.25) is 5.91 Å². The quantitative estimate of drug-likeness (QED) is 0.322. The third-order valence-electron chi connectivity index (χ3n) is 4.82. The number of anilines is 1. The number of carbonyl (C=O) groups is 2. The Bertz CT molecular complexity index is 1360. The maximum Gasteiger partial charge on any atom is 0.354 e. The minimum atomic E-state index is -0.459. The van der Waals surface area contributed by atoms with Crippen LogP contribution in [-0.4, -0.2) is 33.5 Å². The average Bonchev–Trinajstić information content (AvgIpc) is 3.54. The van der Waals surface area contributed by atoms with E-state index in [1.54, 1.807) is 23.7 Å². The number of carbonyl (C=O) groups excluding carboxylic acids is 2. The Balaban J connectivity index is 1.46. The summed E-state index contributed by atoms with van der Waals surface area (Å²) in [5, 5.41) is 14.9. The number of amides is 1. The number of esters is 1. The summed E-state index contributed by atoms with van der Waals surface area (Å²) in [6.45, 7) is 0.593. The number of aryl methyl sites for hydroxylation is 1. The molecule has 8 nitrogen and oxygen atoms in total. The van der Waals surface area contributed by atoms with E-state index in [2.05, 4.69) is 26.1 Å². The van der Waals surface area contributed by atoms with Crippen LogP contribution in [-0.2, 0) is 16.1 Å². The molecule has 3 aromatic heterocycles. The molecule has 0 bridgehead atoms. The van der Waals surface area contributed by atoms with Crippen molar-refractivity contribution >= 4 is 45.3 Å². The number of para-hydroxylation sites is 1. The lowest BCUT2D eigenvalue weighted by Gasteiger charge is -2.00. The first-order valence-corrected chi connectivity index (χ1v) is 10.6. The second-order valence-corrected chi connectivity index (χ2v) is 7.72. The number of nitrogens with one attached hydrogen (secondary N) is 2. The van der Waals surface area contributed by atoms with Crippen LogP contribution in [0.2, 0.25) is 0 Å². The Morgan fingerprint density at radius 1 is 1.38 bits per heavy atom. The van der Waals surface area contributed by atoms with E-state index in [-0.39, 0.29) is 5.91 Å². The van der Waals surface area contributed by atoms with Crippen molar-refractivity contribution in [2.75, 3.05) is 12.4 Å². The van der Waals surface area contributed by atoms with Crippen molar-refractivity contribution < 1.29 is 14.3 Å². The highest BCUT2D eigenvalue weighted by Crippen LogP contribution is 2.26. The molecule has 4 aromatic rings. The third kappa shape index (κ3) is 4.45. The number of hydrogen-bond acceptors (Lipinski definition) is 6. The summed E-state index contributed by atoms with van der Waals surface area (Å²) in [6.07, 6.45) is 7.23. The molecular weight excluding hydrogens is 426 g/mol. The highest BCUT2D eigenvalue weighted by Gasteiger charge is 2.12. The second kappa shape index (κ2) is 9.32. The molecule has 32 heavy (non-hydrogen) atoms. The number of thiazole rings is 1. The van der Waals surface area contributed by atoms with E-state index < -0.39 is 5.97 Å². The molecular formula is C23H19N5O3S. The van der Waals surface area contributed by atoms with E-state index in [9.17, 15) is 9.59 Å². The normalized spacial score (nSPS) is 11.0. The van der Waals surface area contributed by atoms with Gasteiger partial charge in [0.25, 0.3) is 0 Å². The highest BCUT2D eigenvalue weighted by molar-refractivity contribution is 7.14. The van der Waals surface area contributed by atoms with Gasteiger partial charge in [-0.1, -0.05) is 18.2 Å². The van der Waals surface area contributed by atoms with E-state index >= 15 is 0 Å². The summed E-state index contributed by atoms with van der Waals surface area (Å²) in [5.74, 6) is -0.761. The molecule has 0 radical (unpaired) electrons. The van der Waals surface area contributed by atoms with Crippen molar-refractivity contribution in [2.45, 2.75) is 13.0 Å². The number of aromatic nitrogens is 3. The number of hydrogen-bond donors (Lipinski definition) is 2. The third-order valence-corrected chi connectivity index (χ3v) is 5.57. The first-order valence-electron chi connectivity index (χ1n) is 9.75. The van der Waals surface area contributed by atoms with Crippen LogP contribution < -0.4 is 5.32 Å². The molecule has 160 valence electrons. The summed E-state index contributed by atoms with van der Waals surface area (Å²) in [6, 6.07) is 11.7. The number of fused-ring (bicyclic) bond motifs is 1. The molecule has 0 aliphatic carbocycles. The van der Waals surface area contributed by atoms with Crippen molar-refractivity contribution in [1.82, 2.24) is 14.5 Å². The number of H-pyrrole nitrogens is 1. The van der Waals surface area contributed by atoms with Gasteiger partial charge in [0.1, 0.15) is 5.69 Å². The van der Waals surface area contributed by atoms with Crippen LogP contribution in [0, 0.1) is 11.3 Å². The molecule has 9 heteroatoms. The zero-order valence-corrected chi connectivity index (χ0v) is 18.0. The molecule has 0 atom stereocenters. The molecule has 0 unspecified atom stereocenters. The fraction of sp³-hybridized carbons (Fsp3) is 0.130. The van der Waals surface area contributed by atoms with Gasteiger partial charge in [0.05, 0.1) is 25.3 Å². The number of methoxy groups -OCH3 is 1. The smallest absolute Gasteiger partial charge is 0.354 e. The maximum atomic E-state index is 12.4. The summed E-state index contributed by atoms with van der Waals surface area (Å²) in [4.78, 5) is 31.3. The number of ether oxygens (including phenoxy) is 1. The van der Waals surface area contributed by atoms with E-state index in [0.717, 1.165) is 22.0 Å². The molecule has 1 aromatic carbocycles. The van der Waals surface area contributed by atoms with Gasteiger partial charge in [-0.25, -0.2) is 9.78 Å². The molecule has 2 N–H and O–H groups in total. The van der Waals surface area contributed by atoms with Gasteiger partial charge in [-0.15, -0.1) is 11.3 Å². The molecule has 0 fully saturated rings. The lowest BCUT2D eigenvalue weighted by molar-refractivity contribution is -0.111. The van der Waals surface area contributed by atoms with Gasteiger partial charge in [0, 0.05) is 52.4 Å².